The summed E-state index contributed by atoms with van der Waals surface area (Å²) in [5.41, 5.74) is 8.97. The molecule has 2 aromatic heterocycles. The number of ether oxygens (including phenoxy) is 2. The van der Waals surface area contributed by atoms with E-state index in [9.17, 15) is 13.6 Å². The molecule has 0 saturated carbocycles. The summed E-state index contributed by atoms with van der Waals surface area (Å²) in [6.45, 7) is 4.21. The van der Waals surface area contributed by atoms with Crippen LogP contribution in [0.2, 0.25) is 0 Å². The van der Waals surface area contributed by atoms with Crippen LogP contribution in [-0.2, 0) is 6.54 Å². The number of carbonyl (C=O) groups is 1. The smallest absolute Gasteiger partial charge is 0.395 e. The van der Waals surface area contributed by atoms with Gasteiger partial charge in [0.25, 0.3) is 5.91 Å². The minimum atomic E-state index is -3.80. The van der Waals surface area contributed by atoms with Crippen molar-refractivity contribution in [3.8, 4) is 22.8 Å². The average molecular weight is 466 g/mol. The maximum atomic E-state index is 13.4. The summed E-state index contributed by atoms with van der Waals surface area (Å²) in [4.78, 5) is 21.4. The number of hydrogen-bond acceptors (Lipinski definition) is 7. The van der Waals surface area contributed by atoms with Crippen molar-refractivity contribution in [3.05, 3.63) is 65.7 Å². The normalized spacial score (nSPS) is 14.0. The second kappa shape index (κ2) is 7.94. The molecule has 1 aliphatic rings. The number of nitrogens with two attached hydrogens (primary N) is 1. The van der Waals surface area contributed by atoms with Crippen LogP contribution in [0, 0.1) is 0 Å². The highest BCUT2D eigenvalue weighted by Crippen LogP contribution is 2.43. The van der Waals surface area contributed by atoms with Crippen LogP contribution >= 0.6 is 0 Å². The van der Waals surface area contributed by atoms with E-state index >= 15 is 0 Å². The van der Waals surface area contributed by atoms with E-state index < -0.39 is 12.2 Å². The molecule has 11 heteroatoms. The first kappa shape index (κ1) is 21.6. The summed E-state index contributed by atoms with van der Waals surface area (Å²) in [6, 6.07) is 11.5. The molecule has 5 rings (SSSR count). The fraction of sp³-hybridized carbons (Fsp3) is 0.217. The Balaban J connectivity index is 1.35. The topological polar surface area (TPSA) is 117 Å². The van der Waals surface area contributed by atoms with Gasteiger partial charge >= 0.3 is 6.29 Å². The van der Waals surface area contributed by atoms with Gasteiger partial charge in [-0.2, -0.15) is 5.10 Å². The first-order valence-electron chi connectivity index (χ1n) is 10.5. The van der Waals surface area contributed by atoms with E-state index in [4.69, 9.17) is 10.7 Å². The van der Waals surface area contributed by atoms with Crippen LogP contribution in [0.5, 0.6) is 11.5 Å². The van der Waals surface area contributed by atoms with Gasteiger partial charge < -0.3 is 20.5 Å². The predicted octanol–water partition coefficient (Wildman–Crippen LogP) is 3.75. The molecule has 2 aromatic carbocycles. The van der Waals surface area contributed by atoms with Gasteiger partial charge in [-0.15, -0.1) is 8.78 Å². The van der Waals surface area contributed by atoms with Crippen molar-refractivity contribution < 1.29 is 23.0 Å². The molecule has 0 saturated heterocycles. The lowest BCUT2D eigenvalue weighted by Crippen LogP contribution is -2.27. The van der Waals surface area contributed by atoms with Gasteiger partial charge in [0.1, 0.15) is 23.4 Å². The van der Waals surface area contributed by atoms with E-state index in [1.165, 1.54) is 24.5 Å². The average Bonchev–Trinajstić information content (AvgIpc) is 3.35. The van der Waals surface area contributed by atoms with Gasteiger partial charge in [0.15, 0.2) is 17.3 Å². The van der Waals surface area contributed by atoms with Crippen molar-refractivity contribution in [3.63, 3.8) is 0 Å². The Labute approximate surface area is 192 Å². The Morgan fingerprint density at radius 3 is 2.68 bits per heavy atom. The molecule has 0 radical (unpaired) electrons. The first-order chi connectivity index (χ1) is 16.2. The molecule has 34 heavy (non-hydrogen) atoms. The molecule has 0 atom stereocenters. The van der Waals surface area contributed by atoms with Crippen LogP contribution in [0.15, 0.2) is 48.8 Å². The zero-order chi connectivity index (χ0) is 24.0. The van der Waals surface area contributed by atoms with Crippen LogP contribution in [0.1, 0.15) is 41.5 Å². The van der Waals surface area contributed by atoms with Gasteiger partial charge in [0.05, 0.1) is 5.56 Å². The molecule has 1 amide bonds. The van der Waals surface area contributed by atoms with Gasteiger partial charge in [-0.3, -0.25) is 4.79 Å². The number of imidazole rings is 1. The number of amides is 1. The molecule has 3 heterocycles. The second-order valence-corrected chi connectivity index (χ2v) is 8.06. The monoisotopic (exact) mass is 466 g/mol. The molecule has 4 aromatic rings. The Morgan fingerprint density at radius 1 is 1.18 bits per heavy atom. The lowest BCUT2D eigenvalue weighted by atomic mass is 10.1. The Morgan fingerprint density at radius 2 is 1.94 bits per heavy atom. The number of alkyl halides is 2. The molecule has 0 unspecified atom stereocenters. The summed E-state index contributed by atoms with van der Waals surface area (Å²) < 4.78 is 37.3. The number of nitrogens with zero attached hydrogens (tertiary/aromatic N) is 4. The van der Waals surface area contributed by atoms with Crippen molar-refractivity contribution in [2.75, 3.05) is 5.73 Å². The minimum Gasteiger partial charge on any atom is -0.395 e. The van der Waals surface area contributed by atoms with Gasteiger partial charge in [0, 0.05) is 18.0 Å². The Bertz CT molecular complexity index is 1400. The van der Waals surface area contributed by atoms with Crippen molar-refractivity contribution in [1.29, 1.82) is 0 Å². The zero-order valence-electron chi connectivity index (χ0n) is 18.3. The van der Waals surface area contributed by atoms with Crippen LogP contribution in [0.25, 0.3) is 16.8 Å². The third-order valence-corrected chi connectivity index (χ3v) is 5.36. The SMILES string of the molecule is CC(C)c1nc(-c2ccc(CNC(=O)c3cccc4c3OC(F)(F)O4)cc2)c2c(N)ncnn12. The largest absolute Gasteiger partial charge is 0.586 e. The quantitative estimate of drug-likeness (QED) is 0.460. The van der Waals surface area contributed by atoms with Gasteiger partial charge in [-0.05, 0) is 17.7 Å². The highest BCUT2D eigenvalue weighted by molar-refractivity contribution is 5.98. The van der Waals surface area contributed by atoms with Crippen molar-refractivity contribution >= 4 is 17.2 Å². The predicted molar refractivity (Wildman–Crippen MR) is 119 cm³/mol. The molecule has 0 spiro atoms. The number of carbonyl (C=O) groups excluding carboxylic acids is 1. The van der Waals surface area contributed by atoms with E-state index in [1.54, 1.807) is 4.52 Å². The van der Waals surface area contributed by atoms with Gasteiger partial charge in [0.2, 0.25) is 0 Å². The maximum absolute atomic E-state index is 13.4. The lowest BCUT2D eigenvalue weighted by Gasteiger charge is -2.09. The first-order valence-corrected chi connectivity index (χ1v) is 10.5. The number of halogens is 2. The number of nitrogen functional groups attached to an aromatic ring is 1. The maximum Gasteiger partial charge on any atom is 0.586 e. The number of nitrogens with one attached hydrogen (secondary N) is 1. The van der Waals surface area contributed by atoms with Gasteiger partial charge in [-0.25, -0.2) is 14.5 Å². The Kier molecular flexibility index (Phi) is 5.03. The molecule has 0 aliphatic carbocycles. The summed E-state index contributed by atoms with van der Waals surface area (Å²) >= 11 is 0. The Hall–Kier alpha value is -4.28. The zero-order valence-corrected chi connectivity index (χ0v) is 18.3. The molecule has 0 bridgehead atoms. The summed E-state index contributed by atoms with van der Waals surface area (Å²) in [5.74, 6) is 0.189. The molecule has 9 nitrogen and oxygen atoms in total. The summed E-state index contributed by atoms with van der Waals surface area (Å²) in [7, 11) is 0. The fourth-order valence-corrected chi connectivity index (χ4v) is 3.76. The second-order valence-electron chi connectivity index (χ2n) is 8.06. The fourth-order valence-electron chi connectivity index (χ4n) is 3.76. The van der Waals surface area contributed by atoms with Crippen LogP contribution in [0.3, 0.4) is 0 Å². The number of anilines is 1. The summed E-state index contributed by atoms with van der Waals surface area (Å²) in [6.07, 6.45) is -2.40. The van der Waals surface area contributed by atoms with Crippen molar-refractivity contribution in [2.24, 2.45) is 0 Å². The highest BCUT2D eigenvalue weighted by atomic mass is 19.3. The number of aromatic nitrogens is 4. The molecular formula is C23H20F2N6O3. The number of benzene rings is 2. The minimum absolute atomic E-state index is 0.0348. The third kappa shape index (κ3) is 3.74. The number of fused-ring (bicyclic) bond motifs is 2. The van der Waals surface area contributed by atoms with Gasteiger partial charge in [-0.1, -0.05) is 44.2 Å². The third-order valence-electron chi connectivity index (χ3n) is 5.36. The molecule has 174 valence electrons. The lowest BCUT2D eigenvalue weighted by molar-refractivity contribution is -0.286. The van der Waals surface area contributed by atoms with Crippen molar-refractivity contribution in [2.45, 2.75) is 32.6 Å². The van der Waals surface area contributed by atoms with E-state index in [-0.39, 0.29) is 29.5 Å². The molecule has 1 aliphatic heterocycles. The van der Waals surface area contributed by atoms with Crippen LogP contribution in [-0.4, -0.2) is 31.8 Å². The van der Waals surface area contributed by atoms with Crippen LogP contribution < -0.4 is 20.5 Å². The standard InChI is InChI=1S/C23H20F2N6O3/c1-12(2)21-30-17(18-20(26)28-11-29-31(18)21)14-8-6-13(7-9-14)10-27-22(32)15-4-3-5-16-19(15)34-23(24,25)33-16/h3-9,11-12H,10H2,1-2H3,(H,27,32)(H2,26,28,29). The molecular weight excluding hydrogens is 446 g/mol. The van der Waals surface area contributed by atoms with Crippen molar-refractivity contribution in [1.82, 2.24) is 24.9 Å². The van der Waals surface area contributed by atoms with Crippen LogP contribution in [0.4, 0.5) is 14.6 Å². The number of hydrogen-bond donors (Lipinski definition) is 2. The van der Waals surface area contributed by atoms with E-state index in [0.717, 1.165) is 17.0 Å². The molecule has 0 fully saturated rings. The number of para-hydroxylation sites is 1. The highest BCUT2D eigenvalue weighted by Gasteiger charge is 2.45. The summed E-state index contributed by atoms with van der Waals surface area (Å²) in [5, 5.41) is 7.00. The van der Waals surface area contributed by atoms with E-state index in [2.05, 4.69) is 24.9 Å². The molecule has 3 N–H and O–H groups in total. The number of rotatable bonds is 5. The van der Waals surface area contributed by atoms with E-state index in [1.807, 2.05) is 38.1 Å². The van der Waals surface area contributed by atoms with E-state index in [0.29, 0.717) is 17.0 Å².